The van der Waals surface area contributed by atoms with Gasteiger partial charge in [-0.05, 0) is 0 Å². The molecule has 0 unspecified atom stereocenters. The molecule has 0 heterocycles. The fraction of sp³-hybridized carbons (Fsp3) is 0. The van der Waals surface area contributed by atoms with E-state index in [1.165, 1.54) is 0 Å². The smallest absolute Gasteiger partial charge is 0.822 e. The average molecular weight is 384 g/mol. The van der Waals surface area contributed by atoms with Gasteiger partial charge in [0, 0.05) is 0 Å². The van der Waals surface area contributed by atoms with Crippen molar-refractivity contribution in [3.8, 4) is 0 Å². The van der Waals surface area contributed by atoms with E-state index in [2.05, 4.69) is 0 Å². The van der Waals surface area contributed by atoms with Crippen LogP contribution in [-0.2, 0) is 58.6 Å². The zero-order valence-corrected chi connectivity index (χ0v) is 10.4. The Hall–Kier alpha value is 1.66. The number of hydrogen-bond acceptors (Lipinski definition) is 8. The van der Waals surface area contributed by atoms with Crippen molar-refractivity contribution in [1.82, 2.24) is 0 Å². The van der Waals surface area contributed by atoms with Crippen LogP contribution in [0.25, 0.3) is 0 Å². The monoisotopic (exact) mass is 382 g/mol. The fourth-order valence-electron chi connectivity index (χ4n) is 0. The molecule has 0 rings (SSSR count). The van der Waals surface area contributed by atoms with Gasteiger partial charge in [0.1, 0.15) is 0 Å². The second-order valence-electron chi connectivity index (χ2n) is 0.894. The zero-order chi connectivity index (χ0) is 9.00. The molecule has 0 aromatic rings. The van der Waals surface area contributed by atoms with Crippen LogP contribution in [-0.4, -0.2) is 5.48 Å². The summed E-state index contributed by atoms with van der Waals surface area (Å²) in [7, 11) is -10.8. The molecule has 14 heavy (non-hydrogen) atoms. The number of rotatable bonds is 0. The van der Waals surface area contributed by atoms with Crippen LogP contribution < -0.4 is 29.4 Å². The van der Waals surface area contributed by atoms with Gasteiger partial charge in [0.25, 0.3) is 0 Å². The standard InChI is InChI=1S/3Ni.2H3O4P.H2O/c;;;2*1-5(2,3)4;/h;;;2*(H3,1,2,3,4);1H2/q3*+2;;;/p-6. The van der Waals surface area contributed by atoms with E-state index in [4.69, 9.17) is 38.5 Å². The first kappa shape index (κ1) is 36.1. The molecule has 0 radical (unpaired) electrons. The first-order valence-corrected chi connectivity index (χ1v) is 4.38. The number of phosphoric acid groups is 2. The third-order valence-corrected chi connectivity index (χ3v) is 0. The molecule has 0 aliphatic rings. The van der Waals surface area contributed by atoms with E-state index in [0.717, 1.165) is 0 Å². The minimum Gasteiger partial charge on any atom is -0.822 e. The largest absolute Gasteiger partial charge is 2.00 e. The van der Waals surface area contributed by atoms with Crippen LogP contribution in [0.2, 0.25) is 0 Å². The first-order valence-electron chi connectivity index (χ1n) is 1.46. The van der Waals surface area contributed by atoms with E-state index < -0.39 is 15.6 Å². The Bertz CT molecular complexity index is 130. The Morgan fingerprint density at radius 1 is 0.571 bits per heavy atom. The van der Waals surface area contributed by atoms with Crippen molar-refractivity contribution >= 4 is 15.6 Å². The Morgan fingerprint density at radius 3 is 0.571 bits per heavy atom. The van der Waals surface area contributed by atoms with Crippen molar-refractivity contribution in [2.75, 3.05) is 0 Å². The zero-order valence-electron chi connectivity index (χ0n) is 5.61. The molecular weight excluding hydrogens is 382 g/mol. The van der Waals surface area contributed by atoms with Crippen LogP contribution in [0.1, 0.15) is 0 Å². The summed E-state index contributed by atoms with van der Waals surface area (Å²) in [6.07, 6.45) is 0. The Morgan fingerprint density at radius 2 is 0.571 bits per heavy atom. The van der Waals surface area contributed by atoms with Crippen molar-refractivity contribution in [3.63, 3.8) is 0 Å². The fourth-order valence-corrected chi connectivity index (χ4v) is 0. The Balaban J connectivity index is -0.0000000178. The second-order valence-corrected chi connectivity index (χ2v) is 2.68. The summed E-state index contributed by atoms with van der Waals surface area (Å²) in [5.74, 6) is 0. The van der Waals surface area contributed by atoms with Gasteiger partial charge in [-0.2, -0.15) is 15.6 Å². The molecule has 0 aliphatic heterocycles. The molecule has 0 aromatic heterocycles. The molecule has 0 aromatic carbocycles. The third kappa shape index (κ3) is 794. The molecule has 14 heteroatoms. The van der Waals surface area contributed by atoms with Crippen LogP contribution in [0.3, 0.4) is 0 Å². The van der Waals surface area contributed by atoms with Gasteiger partial charge in [0.2, 0.25) is 0 Å². The average Bonchev–Trinajstić information content (AvgIpc) is 1.12. The van der Waals surface area contributed by atoms with Crippen molar-refractivity contribution in [2.24, 2.45) is 0 Å². The quantitative estimate of drug-likeness (QED) is 0.289. The Labute approximate surface area is 109 Å². The SMILES string of the molecule is O.O=P([O-])([O-])[O-].O=P([O-])([O-])[O-].[Ni+2].[Ni+2].[Ni+2]. The van der Waals surface area contributed by atoms with Gasteiger partial charge in [-0.3, -0.25) is 0 Å². The van der Waals surface area contributed by atoms with Crippen LogP contribution >= 0.6 is 15.6 Å². The molecule has 2 N–H and O–H groups in total. The van der Waals surface area contributed by atoms with Gasteiger partial charge in [-0.15, -0.1) is 0 Å². The molecule has 0 saturated heterocycles. The summed E-state index contributed by atoms with van der Waals surface area (Å²) in [5, 5.41) is 0. The molecule has 0 spiro atoms. The van der Waals surface area contributed by atoms with Gasteiger partial charge in [0.15, 0.2) is 0 Å². The first-order chi connectivity index (χ1) is 4.00. The summed E-state index contributed by atoms with van der Waals surface area (Å²) < 4.78 is 17.1. The van der Waals surface area contributed by atoms with E-state index in [0.29, 0.717) is 0 Å². The molecule has 0 amide bonds. The molecule has 96 valence electrons. The predicted octanol–water partition coefficient (Wildman–Crippen LogP) is -6.48. The van der Waals surface area contributed by atoms with Gasteiger partial charge in [-0.1, -0.05) is 0 Å². The van der Waals surface area contributed by atoms with Crippen LogP contribution in [0.4, 0.5) is 0 Å². The van der Waals surface area contributed by atoms with E-state index >= 15 is 0 Å². The van der Waals surface area contributed by atoms with Gasteiger partial charge < -0.3 is 44.0 Å². The maximum absolute atomic E-state index is 8.55. The van der Waals surface area contributed by atoms with Crippen molar-refractivity contribution < 1.29 is 93.4 Å². The Kier molecular flexibility index (Phi) is 37.8. The molecule has 0 atom stereocenters. The summed E-state index contributed by atoms with van der Waals surface area (Å²) in [4.78, 5) is 51.3. The minimum absolute atomic E-state index is 0. The maximum atomic E-state index is 8.55. The van der Waals surface area contributed by atoms with Crippen molar-refractivity contribution in [2.45, 2.75) is 0 Å². The maximum Gasteiger partial charge on any atom is 2.00 e. The molecular formula is H2Ni3O9P2. The van der Waals surface area contributed by atoms with Crippen LogP contribution in [0, 0.1) is 0 Å². The van der Waals surface area contributed by atoms with E-state index in [9.17, 15) is 0 Å². The number of hydrogen-bond donors (Lipinski definition) is 0. The van der Waals surface area contributed by atoms with E-state index in [1.54, 1.807) is 0 Å². The molecule has 9 nitrogen and oxygen atoms in total. The molecule has 0 aliphatic carbocycles. The molecule has 0 saturated carbocycles. The van der Waals surface area contributed by atoms with Gasteiger partial charge >= 0.3 is 49.5 Å². The van der Waals surface area contributed by atoms with Crippen molar-refractivity contribution in [1.29, 1.82) is 0 Å². The van der Waals surface area contributed by atoms with E-state index in [-0.39, 0.29) is 55.0 Å². The summed E-state index contributed by atoms with van der Waals surface area (Å²) in [5.41, 5.74) is 0. The normalized spacial score (nSPS) is 8.43. The van der Waals surface area contributed by atoms with Crippen LogP contribution in [0.15, 0.2) is 0 Å². The van der Waals surface area contributed by atoms with Crippen molar-refractivity contribution in [3.05, 3.63) is 0 Å². The van der Waals surface area contributed by atoms with Crippen LogP contribution in [0.5, 0.6) is 0 Å². The molecule has 0 fully saturated rings. The second kappa shape index (κ2) is 14.7. The van der Waals surface area contributed by atoms with E-state index in [1.807, 2.05) is 0 Å². The topological polar surface area (TPSA) is 204 Å². The van der Waals surface area contributed by atoms with Gasteiger partial charge in [-0.25, -0.2) is 0 Å². The summed E-state index contributed by atoms with van der Waals surface area (Å²) >= 11 is 0. The minimum atomic E-state index is -5.39. The summed E-state index contributed by atoms with van der Waals surface area (Å²) in [6, 6.07) is 0. The summed E-state index contributed by atoms with van der Waals surface area (Å²) in [6.45, 7) is 0. The molecule has 0 bridgehead atoms. The predicted molar refractivity (Wildman–Crippen MR) is 18.8 cm³/mol. The van der Waals surface area contributed by atoms with Gasteiger partial charge in [0.05, 0.1) is 0 Å². The third-order valence-electron chi connectivity index (χ3n) is 0.